The van der Waals surface area contributed by atoms with E-state index in [-0.39, 0.29) is 22.5 Å². The number of anilines is 1. The molecule has 0 atom stereocenters. The number of hydrogen-bond acceptors (Lipinski definition) is 5. The second-order valence-corrected chi connectivity index (χ2v) is 8.42. The van der Waals surface area contributed by atoms with Crippen molar-refractivity contribution in [1.82, 2.24) is 20.2 Å². The minimum absolute atomic E-state index is 0.256. The van der Waals surface area contributed by atoms with Crippen LogP contribution in [0.2, 0.25) is 0 Å². The second kappa shape index (κ2) is 7.89. The zero-order chi connectivity index (χ0) is 21.4. The summed E-state index contributed by atoms with van der Waals surface area (Å²) >= 11 is 0. The molecule has 2 fully saturated rings. The first-order valence-electron chi connectivity index (χ1n) is 10.5. The summed E-state index contributed by atoms with van der Waals surface area (Å²) in [5, 5.41) is 7.01. The highest BCUT2D eigenvalue weighted by atomic mass is 19.1. The number of aryl methyl sites for hydroxylation is 1. The average molecular weight is 423 g/mol. The number of H-pyrrole nitrogens is 1. The molecule has 0 saturated carbocycles. The number of aromatic nitrogens is 4. The summed E-state index contributed by atoms with van der Waals surface area (Å²) in [5.74, 6) is 5.79. The molecule has 0 aliphatic carbocycles. The fourth-order valence-electron chi connectivity index (χ4n) is 4.38. The van der Waals surface area contributed by atoms with E-state index in [1.165, 1.54) is 6.07 Å². The van der Waals surface area contributed by atoms with Crippen LogP contribution in [-0.2, 0) is 11.4 Å². The number of nitrogens with zero attached hydrogens (tertiary/aromatic N) is 4. The topological polar surface area (TPSA) is 66.9 Å². The van der Waals surface area contributed by atoms with Crippen molar-refractivity contribution < 1.29 is 13.5 Å². The first kappa shape index (κ1) is 19.9. The maximum Gasteiger partial charge on any atom is 0.177 e. The van der Waals surface area contributed by atoms with Crippen molar-refractivity contribution in [3.63, 3.8) is 0 Å². The van der Waals surface area contributed by atoms with Crippen molar-refractivity contribution in [2.45, 2.75) is 32.9 Å². The summed E-state index contributed by atoms with van der Waals surface area (Å²) < 4.78 is 33.5. The summed E-state index contributed by atoms with van der Waals surface area (Å²) in [7, 11) is 0. The zero-order valence-electron chi connectivity index (χ0n) is 17.3. The summed E-state index contributed by atoms with van der Waals surface area (Å²) in [4.78, 5) is 11.2. The van der Waals surface area contributed by atoms with Crippen LogP contribution in [0.5, 0.6) is 0 Å². The highest BCUT2D eigenvalue weighted by Gasteiger charge is 2.38. The molecule has 0 amide bonds. The highest BCUT2D eigenvalue weighted by molar-refractivity contribution is 5.78. The van der Waals surface area contributed by atoms with Gasteiger partial charge in [-0.15, -0.1) is 0 Å². The van der Waals surface area contributed by atoms with Crippen molar-refractivity contribution in [3.8, 4) is 11.8 Å². The Kier molecular flexibility index (Phi) is 5.06. The van der Waals surface area contributed by atoms with E-state index in [9.17, 15) is 8.78 Å². The lowest BCUT2D eigenvalue weighted by molar-refractivity contribution is 0.133. The number of fused-ring (bicyclic) bond motifs is 1. The van der Waals surface area contributed by atoms with Gasteiger partial charge in [0.1, 0.15) is 23.7 Å². The van der Waals surface area contributed by atoms with Crippen LogP contribution in [0.15, 0.2) is 18.2 Å². The van der Waals surface area contributed by atoms with Crippen LogP contribution in [0.4, 0.5) is 14.6 Å². The van der Waals surface area contributed by atoms with Gasteiger partial charge in [-0.05, 0) is 55.2 Å². The monoisotopic (exact) mass is 423 g/mol. The van der Waals surface area contributed by atoms with Gasteiger partial charge in [0.05, 0.1) is 12.2 Å². The maximum absolute atomic E-state index is 14.1. The Hall–Kier alpha value is -3.05. The predicted octanol–water partition coefficient (Wildman–Crippen LogP) is 3.68. The summed E-state index contributed by atoms with van der Waals surface area (Å²) in [6, 6.07) is 4.85. The lowest BCUT2D eigenvalue weighted by Gasteiger charge is -2.39. The largest absolute Gasteiger partial charge is 0.381 e. The number of aromatic amines is 1. The number of nitrogens with one attached hydrogen (secondary N) is 1. The fraction of sp³-hybridized carbons (Fsp3) is 0.435. The zero-order valence-corrected chi connectivity index (χ0v) is 17.3. The Morgan fingerprint density at radius 2 is 2.03 bits per heavy atom. The van der Waals surface area contributed by atoms with Crippen molar-refractivity contribution >= 4 is 17.0 Å². The number of piperidine rings is 1. The molecule has 0 radical (unpaired) electrons. The summed E-state index contributed by atoms with van der Waals surface area (Å²) in [5.41, 5.74) is 2.80. The van der Waals surface area contributed by atoms with Crippen LogP contribution in [0, 0.1) is 30.0 Å². The Balaban J connectivity index is 1.44. The molecule has 5 rings (SSSR count). The molecule has 1 spiro atoms. The summed E-state index contributed by atoms with van der Waals surface area (Å²) in [6.07, 6.45) is 3.09. The standard InChI is InChI=1S/C23H23F2N5O/c1-15-2-3-16(17(25)12-15)4-5-18-20-21(29-28-18)27-22(19(13-24)26-20)30-9-6-23(7-10-30)8-11-31-14-23/h2-3,12H,6-11,13-14H2,1H3,(H,27,28,29). The van der Waals surface area contributed by atoms with Crippen LogP contribution in [0.3, 0.4) is 0 Å². The molecular formula is C23H23F2N5O. The number of rotatable bonds is 2. The number of benzene rings is 1. The SMILES string of the molecule is Cc1ccc(C#Cc2n[nH]c3nc(N4CCC5(CCOC5)CC4)c(CF)nc23)c(F)c1. The van der Waals surface area contributed by atoms with Crippen LogP contribution >= 0.6 is 0 Å². The summed E-state index contributed by atoms with van der Waals surface area (Å²) in [6.45, 7) is 4.32. The highest BCUT2D eigenvalue weighted by Crippen LogP contribution is 2.40. The van der Waals surface area contributed by atoms with E-state index in [2.05, 4.69) is 36.9 Å². The Morgan fingerprint density at radius 1 is 1.19 bits per heavy atom. The van der Waals surface area contributed by atoms with E-state index < -0.39 is 6.67 Å². The van der Waals surface area contributed by atoms with Gasteiger partial charge < -0.3 is 9.64 Å². The smallest absolute Gasteiger partial charge is 0.177 e. The van der Waals surface area contributed by atoms with Crippen molar-refractivity contribution in [2.24, 2.45) is 5.41 Å². The molecule has 4 heterocycles. The first-order valence-corrected chi connectivity index (χ1v) is 10.5. The van der Waals surface area contributed by atoms with E-state index in [0.717, 1.165) is 51.1 Å². The molecule has 0 unspecified atom stereocenters. The molecule has 8 heteroatoms. The van der Waals surface area contributed by atoms with Gasteiger partial charge in [-0.1, -0.05) is 12.0 Å². The first-order chi connectivity index (χ1) is 15.1. The minimum atomic E-state index is -0.729. The molecule has 0 bridgehead atoms. The molecular weight excluding hydrogens is 400 g/mol. The molecule has 3 aromatic rings. The van der Waals surface area contributed by atoms with Gasteiger partial charge in [0.25, 0.3) is 0 Å². The van der Waals surface area contributed by atoms with Crippen LogP contribution in [0.1, 0.15) is 41.8 Å². The van der Waals surface area contributed by atoms with E-state index >= 15 is 0 Å². The molecule has 2 aliphatic heterocycles. The molecule has 6 nitrogen and oxygen atoms in total. The molecule has 160 valence electrons. The van der Waals surface area contributed by atoms with Crippen molar-refractivity contribution in [3.05, 3.63) is 46.5 Å². The molecule has 2 aliphatic rings. The Morgan fingerprint density at radius 3 is 2.74 bits per heavy atom. The van der Waals surface area contributed by atoms with Crippen molar-refractivity contribution in [1.29, 1.82) is 0 Å². The lowest BCUT2D eigenvalue weighted by Crippen LogP contribution is -2.41. The van der Waals surface area contributed by atoms with E-state index in [1.54, 1.807) is 12.1 Å². The minimum Gasteiger partial charge on any atom is -0.381 e. The molecule has 2 aromatic heterocycles. The second-order valence-electron chi connectivity index (χ2n) is 8.42. The number of ether oxygens (including phenoxy) is 1. The van der Waals surface area contributed by atoms with E-state index in [0.29, 0.717) is 22.7 Å². The van der Waals surface area contributed by atoms with Gasteiger partial charge in [0, 0.05) is 19.7 Å². The van der Waals surface area contributed by atoms with E-state index in [1.807, 2.05) is 6.92 Å². The van der Waals surface area contributed by atoms with Crippen LogP contribution in [-0.4, -0.2) is 46.5 Å². The Labute approximate surface area is 179 Å². The maximum atomic E-state index is 14.1. The lowest BCUT2D eigenvalue weighted by atomic mass is 9.78. The predicted molar refractivity (Wildman–Crippen MR) is 113 cm³/mol. The molecule has 31 heavy (non-hydrogen) atoms. The fourth-order valence-corrected chi connectivity index (χ4v) is 4.38. The van der Waals surface area contributed by atoms with Crippen LogP contribution in [0.25, 0.3) is 11.2 Å². The molecule has 1 N–H and O–H groups in total. The van der Waals surface area contributed by atoms with Gasteiger partial charge >= 0.3 is 0 Å². The number of alkyl halides is 1. The quantitative estimate of drug-likeness (QED) is 0.637. The molecule has 1 aromatic carbocycles. The Bertz CT molecular complexity index is 1180. The van der Waals surface area contributed by atoms with Gasteiger partial charge in [-0.2, -0.15) is 5.10 Å². The van der Waals surface area contributed by atoms with Crippen molar-refractivity contribution in [2.75, 3.05) is 31.2 Å². The third-order valence-electron chi connectivity index (χ3n) is 6.32. The normalized spacial score (nSPS) is 17.8. The number of hydrogen-bond donors (Lipinski definition) is 1. The third-order valence-corrected chi connectivity index (χ3v) is 6.32. The molecule has 2 saturated heterocycles. The number of halogens is 2. The average Bonchev–Trinajstić information content (AvgIpc) is 3.39. The van der Waals surface area contributed by atoms with Gasteiger partial charge in [0.2, 0.25) is 0 Å². The van der Waals surface area contributed by atoms with Crippen LogP contribution < -0.4 is 4.90 Å². The van der Waals surface area contributed by atoms with Gasteiger partial charge in [-0.25, -0.2) is 18.7 Å². The van der Waals surface area contributed by atoms with Gasteiger partial charge in [-0.3, -0.25) is 5.10 Å². The third kappa shape index (κ3) is 3.74. The van der Waals surface area contributed by atoms with Gasteiger partial charge in [0.15, 0.2) is 17.2 Å². The van der Waals surface area contributed by atoms with E-state index in [4.69, 9.17) is 4.74 Å².